The van der Waals surface area contributed by atoms with E-state index < -0.39 is 17.8 Å². The van der Waals surface area contributed by atoms with E-state index in [0.717, 1.165) is 26.8 Å². The number of phenolic OH excluding ortho intramolecular Hbond substituents is 1. The number of fused-ring (bicyclic) bond motifs is 1. The van der Waals surface area contributed by atoms with Gasteiger partial charge >= 0.3 is 6.03 Å². The molecule has 4 aromatic rings. The first-order valence-electron chi connectivity index (χ1n) is 11.8. The van der Waals surface area contributed by atoms with E-state index in [0.29, 0.717) is 17.1 Å². The number of aromatic hydroxyl groups is 1. The average Bonchev–Trinajstić information content (AvgIpc) is 2.91. The molecule has 1 fully saturated rings. The molecule has 0 saturated carbocycles. The van der Waals surface area contributed by atoms with Crippen LogP contribution in [-0.4, -0.2) is 30.1 Å². The SMILES string of the molecule is COc1ccc(/C=C2\C(=O)NC(=O)N(c3ccc(O)cc3)C2=O)c(OCc2c(C)ccc3ccccc23)c1. The Bertz CT molecular complexity index is 1610. The molecule has 0 radical (unpaired) electrons. The number of methoxy groups -OCH3 is 1. The second kappa shape index (κ2) is 10.1. The van der Waals surface area contributed by atoms with Gasteiger partial charge in [-0.15, -0.1) is 0 Å². The molecule has 8 heteroatoms. The normalized spacial score (nSPS) is 14.6. The summed E-state index contributed by atoms with van der Waals surface area (Å²) in [4.78, 5) is 39.3. The number of nitrogens with one attached hydrogen (secondary N) is 1. The maximum Gasteiger partial charge on any atom is 0.335 e. The molecule has 0 aliphatic carbocycles. The minimum Gasteiger partial charge on any atom is -0.508 e. The molecular weight excluding hydrogens is 484 g/mol. The molecule has 0 aromatic heterocycles. The van der Waals surface area contributed by atoms with Gasteiger partial charge in [-0.05, 0) is 65.7 Å². The van der Waals surface area contributed by atoms with Crippen LogP contribution in [0, 0.1) is 6.92 Å². The molecule has 5 rings (SSSR count). The number of aryl methyl sites for hydroxylation is 1. The first-order valence-corrected chi connectivity index (χ1v) is 11.8. The minimum atomic E-state index is -0.875. The molecule has 1 aliphatic rings. The molecule has 1 aliphatic heterocycles. The van der Waals surface area contributed by atoms with Crippen LogP contribution in [0.3, 0.4) is 0 Å². The molecule has 4 amide bonds. The number of hydrogen-bond acceptors (Lipinski definition) is 6. The summed E-state index contributed by atoms with van der Waals surface area (Å²) in [6, 6.07) is 21.8. The van der Waals surface area contributed by atoms with Gasteiger partial charge in [0.2, 0.25) is 0 Å². The number of amides is 4. The Hall–Kier alpha value is -5.11. The summed E-state index contributed by atoms with van der Waals surface area (Å²) in [6.45, 7) is 2.26. The first kappa shape index (κ1) is 24.6. The molecule has 4 aromatic carbocycles. The quantitative estimate of drug-likeness (QED) is 0.277. The van der Waals surface area contributed by atoms with Crippen molar-refractivity contribution in [3.05, 3.63) is 101 Å². The van der Waals surface area contributed by atoms with Gasteiger partial charge in [0, 0.05) is 17.2 Å². The van der Waals surface area contributed by atoms with Crippen molar-refractivity contribution in [3.8, 4) is 17.2 Å². The number of phenols is 1. The lowest BCUT2D eigenvalue weighted by Crippen LogP contribution is -2.54. The van der Waals surface area contributed by atoms with E-state index in [1.807, 2.05) is 37.3 Å². The van der Waals surface area contributed by atoms with Crippen LogP contribution >= 0.6 is 0 Å². The highest BCUT2D eigenvalue weighted by Crippen LogP contribution is 2.31. The highest BCUT2D eigenvalue weighted by atomic mass is 16.5. The smallest absolute Gasteiger partial charge is 0.335 e. The van der Waals surface area contributed by atoms with E-state index in [1.165, 1.54) is 37.5 Å². The van der Waals surface area contributed by atoms with Gasteiger partial charge in [-0.3, -0.25) is 14.9 Å². The monoisotopic (exact) mass is 508 g/mol. The molecule has 0 atom stereocenters. The van der Waals surface area contributed by atoms with Crippen LogP contribution in [0.5, 0.6) is 17.2 Å². The summed E-state index contributed by atoms with van der Waals surface area (Å²) >= 11 is 0. The number of urea groups is 1. The zero-order valence-corrected chi connectivity index (χ0v) is 20.7. The van der Waals surface area contributed by atoms with Crippen LogP contribution in [0.15, 0.2) is 84.4 Å². The first-order chi connectivity index (χ1) is 18.4. The molecule has 0 bridgehead atoms. The Morgan fingerprint density at radius 3 is 2.47 bits per heavy atom. The standard InChI is InChI=1S/C30H24N2O6/c1-18-7-8-19-5-3-4-6-24(19)26(18)17-38-27-16-23(37-2)14-9-20(27)15-25-28(34)31-30(36)32(29(25)35)21-10-12-22(33)13-11-21/h3-16,33H,17H2,1-2H3,(H,31,34,36)/b25-15+. The Balaban J connectivity index is 1.51. The van der Waals surface area contributed by atoms with Crippen LogP contribution in [0.25, 0.3) is 16.8 Å². The molecule has 0 spiro atoms. The van der Waals surface area contributed by atoms with Gasteiger partial charge in [-0.25, -0.2) is 9.69 Å². The lowest BCUT2D eigenvalue weighted by atomic mass is 10.0. The van der Waals surface area contributed by atoms with Crippen LogP contribution in [0.1, 0.15) is 16.7 Å². The van der Waals surface area contributed by atoms with Gasteiger partial charge in [-0.2, -0.15) is 0 Å². The summed E-state index contributed by atoms with van der Waals surface area (Å²) in [5.41, 5.74) is 2.51. The molecule has 0 unspecified atom stereocenters. The summed E-state index contributed by atoms with van der Waals surface area (Å²) in [5.74, 6) is -0.695. The number of nitrogens with zero attached hydrogens (tertiary/aromatic N) is 1. The van der Waals surface area contributed by atoms with Crippen molar-refractivity contribution in [1.29, 1.82) is 0 Å². The Labute approximate surface area is 218 Å². The maximum atomic E-state index is 13.3. The number of imide groups is 2. The second-order valence-corrected chi connectivity index (χ2v) is 8.75. The fourth-order valence-electron chi connectivity index (χ4n) is 4.32. The number of ether oxygens (including phenoxy) is 2. The number of barbiturate groups is 1. The number of anilines is 1. The lowest BCUT2D eigenvalue weighted by molar-refractivity contribution is -0.122. The fraction of sp³-hybridized carbons (Fsp3) is 0.100. The predicted octanol–water partition coefficient (Wildman–Crippen LogP) is 5.11. The Morgan fingerprint density at radius 2 is 1.71 bits per heavy atom. The second-order valence-electron chi connectivity index (χ2n) is 8.75. The highest BCUT2D eigenvalue weighted by molar-refractivity contribution is 6.39. The third kappa shape index (κ3) is 4.67. The number of carbonyl (C=O) groups excluding carboxylic acids is 3. The molecular formula is C30H24N2O6. The van der Waals surface area contributed by atoms with E-state index >= 15 is 0 Å². The fourth-order valence-corrected chi connectivity index (χ4v) is 4.32. The van der Waals surface area contributed by atoms with Crippen LogP contribution in [-0.2, 0) is 16.2 Å². The van der Waals surface area contributed by atoms with Crippen molar-refractivity contribution >= 4 is 40.4 Å². The highest BCUT2D eigenvalue weighted by Gasteiger charge is 2.37. The third-order valence-electron chi connectivity index (χ3n) is 6.38. The molecule has 190 valence electrons. The molecule has 1 saturated heterocycles. The molecule has 8 nitrogen and oxygen atoms in total. The summed E-state index contributed by atoms with van der Waals surface area (Å²) in [5, 5.41) is 13.9. The largest absolute Gasteiger partial charge is 0.508 e. The number of rotatable bonds is 6. The lowest BCUT2D eigenvalue weighted by Gasteiger charge is -2.26. The topological polar surface area (TPSA) is 105 Å². The van der Waals surface area contributed by atoms with E-state index in [2.05, 4.69) is 11.4 Å². The summed E-state index contributed by atoms with van der Waals surface area (Å²) < 4.78 is 11.6. The van der Waals surface area contributed by atoms with Gasteiger partial charge in [0.15, 0.2) is 0 Å². The van der Waals surface area contributed by atoms with Crippen molar-refractivity contribution in [2.24, 2.45) is 0 Å². The zero-order chi connectivity index (χ0) is 26.8. The van der Waals surface area contributed by atoms with Gasteiger partial charge in [0.1, 0.15) is 29.4 Å². The van der Waals surface area contributed by atoms with Crippen molar-refractivity contribution in [1.82, 2.24) is 5.32 Å². The van der Waals surface area contributed by atoms with Crippen LogP contribution < -0.4 is 19.7 Å². The van der Waals surface area contributed by atoms with Gasteiger partial charge in [0.05, 0.1) is 12.8 Å². The summed E-state index contributed by atoms with van der Waals surface area (Å²) in [6.07, 6.45) is 1.39. The molecule has 1 heterocycles. The van der Waals surface area contributed by atoms with Crippen molar-refractivity contribution in [2.75, 3.05) is 12.0 Å². The number of carbonyl (C=O) groups is 3. The Kier molecular flexibility index (Phi) is 6.53. The number of benzene rings is 4. The molecule has 38 heavy (non-hydrogen) atoms. The van der Waals surface area contributed by atoms with Gasteiger partial charge < -0.3 is 14.6 Å². The van der Waals surface area contributed by atoms with Crippen molar-refractivity contribution < 1.29 is 29.0 Å². The third-order valence-corrected chi connectivity index (χ3v) is 6.38. The van der Waals surface area contributed by atoms with Crippen molar-refractivity contribution in [3.63, 3.8) is 0 Å². The molecule has 2 N–H and O–H groups in total. The van der Waals surface area contributed by atoms with Crippen molar-refractivity contribution in [2.45, 2.75) is 13.5 Å². The maximum absolute atomic E-state index is 13.3. The van der Waals surface area contributed by atoms with E-state index in [4.69, 9.17) is 9.47 Å². The Morgan fingerprint density at radius 1 is 0.947 bits per heavy atom. The zero-order valence-electron chi connectivity index (χ0n) is 20.7. The van der Waals surface area contributed by atoms with E-state index in [1.54, 1.807) is 18.2 Å². The summed E-state index contributed by atoms with van der Waals surface area (Å²) in [7, 11) is 1.53. The number of hydrogen-bond donors (Lipinski definition) is 2. The average molecular weight is 509 g/mol. The van der Waals surface area contributed by atoms with Gasteiger partial charge in [0.25, 0.3) is 11.8 Å². The minimum absolute atomic E-state index is 0.0214. The van der Waals surface area contributed by atoms with Crippen LogP contribution in [0.4, 0.5) is 10.5 Å². The van der Waals surface area contributed by atoms with E-state index in [9.17, 15) is 19.5 Å². The predicted molar refractivity (Wildman–Crippen MR) is 143 cm³/mol. The van der Waals surface area contributed by atoms with Gasteiger partial charge in [-0.1, -0.05) is 36.4 Å². The van der Waals surface area contributed by atoms with Crippen LogP contribution in [0.2, 0.25) is 0 Å². The van der Waals surface area contributed by atoms with E-state index in [-0.39, 0.29) is 23.6 Å².